The number of carbonyl (C=O) groups excluding carboxylic acids is 3. The Bertz CT molecular complexity index is 1440. The van der Waals surface area contributed by atoms with Crippen LogP contribution in [0.2, 0.25) is 0 Å². The first-order valence-electron chi connectivity index (χ1n) is 13.1. The number of aromatic nitrogens is 1. The minimum absolute atomic E-state index is 0.0982. The van der Waals surface area contributed by atoms with Gasteiger partial charge in [0.1, 0.15) is 12.2 Å². The molecule has 0 radical (unpaired) electrons. The van der Waals surface area contributed by atoms with Crippen LogP contribution in [0.5, 0.6) is 0 Å². The second-order valence-corrected chi connectivity index (χ2v) is 10.8. The average molecular weight is 532 g/mol. The predicted molar refractivity (Wildman–Crippen MR) is 151 cm³/mol. The van der Waals surface area contributed by atoms with E-state index in [9.17, 15) is 14.4 Å². The van der Waals surface area contributed by atoms with Crippen LogP contribution in [0, 0.1) is 5.92 Å². The summed E-state index contributed by atoms with van der Waals surface area (Å²) in [6.45, 7) is 3.01. The van der Waals surface area contributed by atoms with E-state index >= 15 is 0 Å². The Kier molecular flexibility index (Phi) is 8.05. The molecule has 198 valence electrons. The van der Waals surface area contributed by atoms with Crippen LogP contribution in [0.15, 0.2) is 60.1 Å². The molecular formula is C29H33N5O3S. The van der Waals surface area contributed by atoms with Crippen molar-refractivity contribution in [3.8, 4) is 0 Å². The van der Waals surface area contributed by atoms with Gasteiger partial charge in [0.05, 0.1) is 0 Å². The highest BCUT2D eigenvalue weighted by molar-refractivity contribution is 7.17. The Morgan fingerprint density at radius 2 is 1.66 bits per heavy atom. The molecule has 2 atom stereocenters. The maximum Gasteiger partial charge on any atom is 0.244 e. The molecule has 4 aromatic rings. The number of H-pyrrole nitrogens is 1. The highest BCUT2D eigenvalue weighted by atomic mass is 32.1. The van der Waals surface area contributed by atoms with Crippen molar-refractivity contribution in [1.29, 1.82) is 0 Å². The zero-order valence-corrected chi connectivity index (χ0v) is 22.2. The summed E-state index contributed by atoms with van der Waals surface area (Å²) >= 11 is 1.63. The number of piperidine rings is 1. The van der Waals surface area contributed by atoms with Crippen molar-refractivity contribution in [2.45, 2.75) is 44.8 Å². The number of fused-ring (bicyclic) bond motifs is 2. The highest BCUT2D eigenvalue weighted by Gasteiger charge is 2.29. The molecule has 0 aliphatic carbocycles. The standard InChI is InChI=1S/C29H33N5O3S/c1-18(35)32-27(15-20-16-31-24-8-4-2-6-22(20)24)34-29(37)25(33-28(36)19-10-12-30-13-11-19)14-21-17-38-26-9-5-3-7-23(21)26/h2-9,16-17,19,25,27,30-31H,10-15H2,1H3,(H,32,35)(H,33,36)(H,34,37)/t25-,27+/m1/s1. The van der Waals surface area contributed by atoms with Crippen LogP contribution in [-0.2, 0) is 27.2 Å². The lowest BCUT2D eigenvalue weighted by Crippen LogP contribution is -2.56. The molecule has 5 N–H and O–H groups in total. The van der Waals surface area contributed by atoms with Gasteiger partial charge in [-0.3, -0.25) is 14.4 Å². The van der Waals surface area contributed by atoms with Crippen LogP contribution in [0.1, 0.15) is 30.9 Å². The molecule has 3 amide bonds. The lowest BCUT2D eigenvalue weighted by Gasteiger charge is -2.27. The fourth-order valence-corrected chi connectivity index (χ4v) is 6.15. The topological polar surface area (TPSA) is 115 Å². The number of aromatic amines is 1. The second kappa shape index (κ2) is 11.8. The molecule has 0 saturated carbocycles. The van der Waals surface area contributed by atoms with Gasteiger partial charge < -0.3 is 26.3 Å². The maximum atomic E-state index is 13.7. The molecular weight excluding hydrogens is 498 g/mol. The number of para-hydroxylation sites is 1. The van der Waals surface area contributed by atoms with E-state index in [2.05, 4.69) is 37.7 Å². The number of benzene rings is 2. The number of rotatable bonds is 9. The average Bonchev–Trinajstić information content (AvgIpc) is 3.52. The normalized spacial score (nSPS) is 15.7. The number of carbonyl (C=O) groups is 3. The third-order valence-corrected chi connectivity index (χ3v) is 8.13. The molecule has 0 unspecified atom stereocenters. The molecule has 0 bridgehead atoms. The quantitative estimate of drug-likeness (QED) is 0.213. The van der Waals surface area contributed by atoms with Gasteiger partial charge in [-0.2, -0.15) is 0 Å². The smallest absolute Gasteiger partial charge is 0.244 e. The van der Waals surface area contributed by atoms with Crippen LogP contribution >= 0.6 is 11.3 Å². The van der Waals surface area contributed by atoms with E-state index < -0.39 is 12.2 Å². The van der Waals surface area contributed by atoms with Gasteiger partial charge in [-0.25, -0.2) is 0 Å². The van der Waals surface area contributed by atoms with Crippen molar-refractivity contribution in [1.82, 2.24) is 26.3 Å². The van der Waals surface area contributed by atoms with Gasteiger partial charge in [0, 0.05) is 47.5 Å². The van der Waals surface area contributed by atoms with E-state index in [-0.39, 0.29) is 23.6 Å². The molecule has 1 aliphatic rings. The Labute approximate surface area is 225 Å². The number of thiophene rings is 1. The van der Waals surface area contributed by atoms with Gasteiger partial charge >= 0.3 is 0 Å². The summed E-state index contributed by atoms with van der Waals surface area (Å²) in [5.41, 5.74) is 3.00. The maximum absolute atomic E-state index is 13.7. The number of hydrogen-bond acceptors (Lipinski definition) is 5. The first-order valence-corrected chi connectivity index (χ1v) is 13.9. The zero-order chi connectivity index (χ0) is 26.5. The first-order chi connectivity index (χ1) is 18.5. The zero-order valence-electron chi connectivity index (χ0n) is 21.4. The first kappa shape index (κ1) is 25.9. The summed E-state index contributed by atoms with van der Waals surface area (Å²) in [5, 5.41) is 16.4. The van der Waals surface area contributed by atoms with Crippen LogP contribution in [0.3, 0.4) is 0 Å². The molecule has 1 saturated heterocycles. The van der Waals surface area contributed by atoms with Crippen molar-refractivity contribution >= 4 is 50.0 Å². The Morgan fingerprint density at radius 3 is 2.45 bits per heavy atom. The fourth-order valence-electron chi connectivity index (χ4n) is 5.17. The third-order valence-electron chi connectivity index (χ3n) is 7.12. The van der Waals surface area contributed by atoms with Gasteiger partial charge in [0.25, 0.3) is 0 Å². The number of amides is 3. The van der Waals surface area contributed by atoms with Gasteiger partial charge in [0.2, 0.25) is 17.7 Å². The minimum atomic E-state index is -0.769. The number of hydrogen-bond donors (Lipinski definition) is 5. The SMILES string of the molecule is CC(=O)N[C@H](Cc1c[nH]c2ccccc12)NC(=O)[C@@H](Cc1csc2ccccc12)NC(=O)C1CCNCC1. The molecule has 3 heterocycles. The lowest BCUT2D eigenvalue weighted by atomic mass is 9.96. The molecule has 2 aromatic carbocycles. The van der Waals surface area contributed by atoms with E-state index in [0.717, 1.165) is 58.0 Å². The van der Waals surface area contributed by atoms with Gasteiger partial charge in [0.15, 0.2) is 0 Å². The fraction of sp³-hybridized carbons (Fsp3) is 0.345. The highest BCUT2D eigenvalue weighted by Crippen LogP contribution is 2.27. The van der Waals surface area contributed by atoms with Gasteiger partial charge in [-0.15, -0.1) is 11.3 Å². The largest absolute Gasteiger partial charge is 0.361 e. The van der Waals surface area contributed by atoms with Crippen molar-refractivity contribution in [3.63, 3.8) is 0 Å². The minimum Gasteiger partial charge on any atom is -0.361 e. The summed E-state index contributed by atoms with van der Waals surface area (Å²) in [7, 11) is 0. The lowest BCUT2D eigenvalue weighted by molar-refractivity contribution is -0.132. The summed E-state index contributed by atoms with van der Waals surface area (Å²) in [5.74, 6) is -0.780. The predicted octanol–water partition coefficient (Wildman–Crippen LogP) is 3.23. The molecule has 1 aliphatic heterocycles. The van der Waals surface area contributed by atoms with E-state index in [0.29, 0.717) is 12.8 Å². The monoisotopic (exact) mass is 531 g/mol. The molecule has 9 heteroatoms. The van der Waals surface area contributed by atoms with E-state index in [1.807, 2.05) is 48.7 Å². The van der Waals surface area contributed by atoms with Crippen molar-refractivity contribution in [3.05, 3.63) is 71.2 Å². The summed E-state index contributed by atoms with van der Waals surface area (Å²) in [6.07, 6.45) is 3.54. The molecule has 5 rings (SSSR count). The molecule has 2 aromatic heterocycles. The Morgan fingerprint density at radius 1 is 0.921 bits per heavy atom. The van der Waals surface area contributed by atoms with E-state index in [4.69, 9.17) is 0 Å². The molecule has 0 spiro atoms. The summed E-state index contributed by atoms with van der Waals surface area (Å²) in [4.78, 5) is 42.2. The van der Waals surface area contributed by atoms with Crippen LogP contribution in [-0.4, -0.2) is 48.0 Å². The Balaban J connectivity index is 1.37. The number of nitrogens with one attached hydrogen (secondary N) is 5. The van der Waals surface area contributed by atoms with Crippen molar-refractivity contribution < 1.29 is 14.4 Å². The van der Waals surface area contributed by atoms with Crippen molar-refractivity contribution in [2.24, 2.45) is 5.92 Å². The van der Waals surface area contributed by atoms with Gasteiger partial charge in [-0.1, -0.05) is 36.4 Å². The van der Waals surface area contributed by atoms with Crippen molar-refractivity contribution in [2.75, 3.05) is 13.1 Å². The molecule has 8 nitrogen and oxygen atoms in total. The third kappa shape index (κ3) is 6.06. The van der Waals surface area contributed by atoms with Crippen LogP contribution in [0.4, 0.5) is 0 Å². The van der Waals surface area contributed by atoms with Crippen LogP contribution in [0.25, 0.3) is 21.0 Å². The Hall–Kier alpha value is -3.69. The summed E-state index contributed by atoms with van der Waals surface area (Å²) < 4.78 is 1.14. The second-order valence-electron chi connectivity index (χ2n) is 9.87. The van der Waals surface area contributed by atoms with E-state index in [1.54, 1.807) is 11.3 Å². The molecule has 1 fully saturated rings. The molecule has 38 heavy (non-hydrogen) atoms. The van der Waals surface area contributed by atoms with Gasteiger partial charge in [-0.05, 0) is 60.0 Å². The summed E-state index contributed by atoms with van der Waals surface area (Å²) in [6, 6.07) is 15.2. The van der Waals surface area contributed by atoms with E-state index in [1.165, 1.54) is 6.92 Å². The van der Waals surface area contributed by atoms with Crippen LogP contribution < -0.4 is 21.3 Å².